The predicted molar refractivity (Wildman–Crippen MR) is 52.4 cm³/mol. The number of hydrogen-bond acceptors (Lipinski definition) is 2. The van der Waals surface area contributed by atoms with Gasteiger partial charge in [0, 0.05) is 0 Å². The Kier molecular flexibility index (Phi) is 3.19. The van der Waals surface area contributed by atoms with E-state index in [1.165, 1.54) is 24.3 Å². The highest BCUT2D eigenvalue weighted by Gasteiger charge is 2.06. The highest BCUT2D eigenvalue weighted by molar-refractivity contribution is 5.96. The lowest BCUT2D eigenvalue weighted by molar-refractivity contribution is -0.132. The molecule has 4 heteroatoms. The summed E-state index contributed by atoms with van der Waals surface area (Å²) in [6.45, 7) is 1.64. The number of rotatable bonds is 2. The average Bonchev–Trinajstić information content (AvgIpc) is 2.16. The Morgan fingerprint density at radius 3 is 2.73 bits per heavy atom. The van der Waals surface area contributed by atoms with Crippen LogP contribution in [0.3, 0.4) is 0 Å². The van der Waals surface area contributed by atoms with Gasteiger partial charge in [0.2, 0.25) is 0 Å². The minimum atomic E-state index is -1.29. The molecule has 0 aromatic heterocycles. The molecule has 0 unspecified atom stereocenters. The SMILES string of the molecule is Cc1cc(F)ccc1/C=C(/C#N)C(=O)O. The molecule has 1 rings (SSSR count). The highest BCUT2D eigenvalue weighted by Crippen LogP contribution is 2.13. The van der Waals surface area contributed by atoms with E-state index < -0.39 is 11.8 Å². The van der Waals surface area contributed by atoms with Crippen LogP contribution in [0.4, 0.5) is 4.39 Å². The van der Waals surface area contributed by atoms with Crippen molar-refractivity contribution in [2.24, 2.45) is 0 Å². The fourth-order valence-electron chi connectivity index (χ4n) is 1.10. The molecule has 0 atom stereocenters. The molecule has 15 heavy (non-hydrogen) atoms. The van der Waals surface area contributed by atoms with E-state index >= 15 is 0 Å². The minimum Gasteiger partial charge on any atom is -0.477 e. The third-order valence-electron chi connectivity index (χ3n) is 1.88. The number of carboxylic acid groups (broad SMARTS) is 1. The first-order chi connectivity index (χ1) is 7.04. The van der Waals surface area contributed by atoms with Crippen LogP contribution in [0.25, 0.3) is 6.08 Å². The molecule has 0 amide bonds. The van der Waals surface area contributed by atoms with Crippen LogP contribution in [-0.4, -0.2) is 11.1 Å². The molecule has 0 fully saturated rings. The molecule has 3 nitrogen and oxygen atoms in total. The van der Waals surface area contributed by atoms with Crippen LogP contribution in [0.5, 0.6) is 0 Å². The van der Waals surface area contributed by atoms with Crippen molar-refractivity contribution in [3.63, 3.8) is 0 Å². The molecule has 1 N–H and O–H groups in total. The number of halogens is 1. The topological polar surface area (TPSA) is 61.1 Å². The molecule has 0 radical (unpaired) electrons. The van der Waals surface area contributed by atoms with Gasteiger partial charge in [0.1, 0.15) is 17.5 Å². The molecular weight excluding hydrogens is 197 g/mol. The second-order valence-electron chi connectivity index (χ2n) is 2.98. The third kappa shape index (κ3) is 2.64. The van der Waals surface area contributed by atoms with Crippen LogP contribution in [0, 0.1) is 24.1 Å². The second-order valence-corrected chi connectivity index (χ2v) is 2.98. The van der Waals surface area contributed by atoms with Crippen LogP contribution in [0.2, 0.25) is 0 Å². The smallest absolute Gasteiger partial charge is 0.346 e. The molecule has 0 spiro atoms. The number of nitriles is 1. The molecule has 1 aromatic carbocycles. The van der Waals surface area contributed by atoms with Crippen molar-refractivity contribution in [1.29, 1.82) is 5.26 Å². The van der Waals surface area contributed by atoms with Gasteiger partial charge in [0.25, 0.3) is 0 Å². The summed E-state index contributed by atoms with van der Waals surface area (Å²) in [6, 6.07) is 5.49. The number of benzene rings is 1. The lowest BCUT2D eigenvalue weighted by Gasteiger charge is -2.00. The summed E-state index contributed by atoms with van der Waals surface area (Å²) in [5.41, 5.74) is 0.740. The Balaban J connectivity index is 3.19. The van der Waals surface area contributed by atoms with Gasteiger partial charge in [-0.2, -0.15) is 5.26 Å². The van der Waals surface area contributed by atoms with Gasteiger partial charge in [-0.1, -0.05) is 6.07 Å². The average molecular weight is 205 g/mol. The number of aliphatic carboxylic acids is 1. The van der Waals surface area contributed by atoms with E-state index in [1.807, 2.05) is 0 Å². The lowest BCUT2D eigenvalue weighted by atomic mass is 10.1. The van der Waals surface area contributed by atoms with Crippen molar-refractivity contribution < 1.29 is 14.3 Å². The molecule has 0 aliphatic heterocycles. The maximum atomic E-state index is 12.7. The van der Waals surface area contributed by atoms with Gasteiger partial charge in [0.15, 0.2) is 0 Å². The Morgan fingerprint density at radius 1 is 1.60 bits per heavy atom. The summed E-state index contributed by atoms with van der Waals surface area (Å²) in [7, 11) is 0. The fraction of sp³-hybridized carbons (Fsp3) is 0.0909. The van der Waals surface area contributed by atoms with E-state index in [0.717, 1.165) is 0 Å². The third-order valence-corrected chi connectivity index (χ3v) is 1.88. The molecular formula is C11H8FNO2. The zero-order valence-electron chi connectivity index (χ0n) is 7.99. The normalized spacial score (nSPS) is 10.9. The van der Waals surface area contributed by atoms with Crippen molar-refractivity contribution in [3.05, 3.63) is 40.7 Å². The Labute approximate surface area is 86.1 Å². The summed E-state index contributed by atoms with van der Waals surface area (Å²) in [5, 5.41) is 17.1. The lowest BCUT2D eigenvalue weighted by Crippen LogP contribution is -1.98. The summed E-state index contributed by atoms with van der Waals surface area (Å²) in [6.07, 6.45) is 1.22. The zero-order valence-corrected chi connectivity index (χ0v) is 7.99. The Hall–Kier alpha value is -2.15. The number of hydrogen-bond donors (Lipinski definition) is 1. The first kappa shape index (κ1) is 10.9. The maximum absolute atomic E-state index is 12.7. The summed E-state index contributed by atoms with van der Waals surface area (Å²) >= 11 is 0. The van der Waals surface area contributed by atoms with Crippen molar-refractivity contribution >= 4 is 12.0 Å². The Bertz CT molecular complexity index is 472. The van der Waals surface area contributed by atoms with Gasteiger partial charge >= 0.3 is 5.97 Å². The van der Waals surface area contributed by atoms with Gasteiger partial charge in [-0.05, 0) is 36.3 Å². The molecule has 0 saturated heterocycles. The summed E-state index contributed by atoms with van der Waals surface area (Å²) in [4.78, 5) is 10.5. The van der Waals surface area contributed by atoms with Gasteiger partial charge in [-0.3, -0.25) is 0 Å². The van der Waals surface area contributed by atoms with Crippen molar-refractivity contribution in [2.45, 2.75) is 6.92 Å². The van der Waals surface area contributed by atoms with Crippen LogP contribution in [-0.2, 0) is 4.79 Å². The number of nitrogens with zero attached hydrogens (tertiary/aromatic N) is 1. The van der Waals surface area contributed by atoms with Gasteiger partial charge in [-0.25, -0.2) is 9.18 Å². The minimum absolute atomic E-state index is 0.371. The van der Waals surface area contributed by atoms with Crippen LogP contribution >= 0.6 is 0 Å². The number of carboxylic acids is 1. The van der Waals surface area contributed by atoms with E-state index in [9.17, 15) is 9.18 Å². The molecule has 0 aliphatic rings. The van der Waals surface area contributed by atoms with Crippen LogP contribution in [0.1, 0.15) is 11.1 Å². The number of aryl methyl sites for hydroxylation is 1. The van der Waals surface area contributed by atoms with Gasteiger partial charge in [0.05, 0.1) is 0 Å². The first-order valence-electron chi connectivity index (χ1n) is 4.16. The molecule has 1 aromatic rings. The first-order valence-corrected chi connectivity index (χ1v) is 4.16. The quantitative estimate of drug-likeness (QED) is 0.594. The maximum Gasteiger partial charge on any atom is 0.346 e. The highest BCUT2D eigenvalue weighted by atomic mass is 19.1. The molecule has 76 valence electrons. The van der Waals surface area contributed by atoms with Crippen LogP contribution < -0.4 is 0 Å². The molecule has 0 saturated carbocycles. The van der Waals surface area contributed by atoms with Gasteiger partial charge < -0.3 is 5.11 Å². The van der Waals surface area contributed by atoms with E-state index in [1.54, 1.807) is 13.0 Å². The fourth-order valence-corrected chi connectivity index (χ4v) is 1.10. The van der Waals surface area contributed by atoms with Crippen molar-refractivity contribution in [2.75, 3.05) is 0 Å². The monoisotopic (exact) mass is 205 g/mol. The van der Waals surface area contributed by atoms with E-state index in [0.29, 0.717) is 11.1 Å². The van der Waals surface area contributed by atoms with Gasteiger partial charge in [-0.15, -0.1) is 0 Å². The number of carbonyl (C=O) groups is 1. The van der Waals surface area contributed by atoms with Crippen LogP contribution in [0.15, 0.2) is 23.8 Å². The van der Waals surface area contributed by atoms with E-state index in [2.05, 4.69) is 0 Å². The zero-order chi connectivity index (χ0) is 11.4. The van der Waals surface area contributed by atoms with E-state index in [4.69, 9.17) is 10.4 Å². The largest absolute Gasteiger partial charge is 0.477 e. The molecule has 0 aliphatic carbocycles. The standard InChI is InChI=1S/C11H8FNO2/c1-7-4-10(12)3-2-8(7)5-9(6-13)11(14)15/h2-5H,1H3,(H,14,15)/b9-5-. The summed E-state index contributed by atoms with van der Waals surface area (Å²) < 4.78 is 12.7. The molecule has 0 heterocycles. The second kappa shape index (κ2) is 4.38. The Morgan fingerprint density at radius 2 is 2.27 bits per heavy atom. The van der Waals surface area contributed by atoms with Crippen molar-refractivity contribution in [3.8, 4) is 6.07 Å². The van der Waals surface area contributed by atoms with E-state index in [-0.39, 0.29) is 5.57 Å². The molecule has 0 bridgehead atoms. The van der Waals surface area contributed by atoms with Crippen molar-refractivity contribution in [1.82, 2.24) is 0 Å². The summed E-state index contributed by atoms with van der Waals surface area (Å²) in [5.74, 6) is -1.68. The predicted octanol–water partition coefficient (Wildman–Crippen LogP) is 2.13.